The van der Waals surface area contributed by atoms with E-state index in [-0.39, 0.29) is 30.0 Å². The molecule has 0 saturated carbocycles. The Morgan fingerprint density at radius 1 is 0.977 bits per heavy atom. The van der Waals surface area contributed by atoms with Gasteiger partial charge >= 0.3 is 10.2 Å². The predicted octanol–water partition coefficient (Wildman–Crippen LogP) is 5.69. The molecule has 1 fully saturated rings. The lowest BCUT2D eigenvalue weighted by Crippen LogP contribution is -2.30. The first-order valence-electron chi connectivity index (χ1n) is 13.8. The molecule has 3 aromatic carbocycles. The number of aromatic nitrogens is 1. The zero-order valence-corrected chi connectivity index (χ0v) is 25.6. The van der Waals surface area contributed by atoms with E-state index in [4.69, 9.17) is 14.2 Å². The molecular formula is C32H33FN4O6S. The number of rotatable bonds is 10. The van der Waals surface area contributed by atoms with Crippen molar-refractivity contribution in [1.29, 1.82) is 0 Å². The Hall–Kier alpha value is -4.84. The van der Waals surface area contributed by atoms with Gasteiger partial charge in [-0.05, 0) is 64.6 Å². The normalized spacial score (nSPS) is 14.2. The average Bonchev–Trinajstić information content (AvgIpc) is 3.26. The number of hydrogen-bond donors (Lipinski definition) is 2. The third kappa shape index (κ3) is 7.20. The minimum Gasteiger partial charge on any atom is -0.497 e. The highest BCUT2D eigenvalue weighted by Gasteiger charge is 2.37. The van der Waals surface area contributed by atoms with Crippen molar-refractivity contribution in [3.8, 4) is 23.1 Å². The van der Waals surface area contributed by atoms with Crippen LogP contribution < -0.4 is 28.6 Å². The van der Waals surface area contributed by atoms with Crippen LogP contribution in [0.3, 0.4) is 0 Å². The van der Waals surface area contributed by atoms with Gasteiger partial charge in [0.25, 0.3) is 5.91 Å². The standard InChI is InChI=1S/C32H33FN4O6S/c1-32(2,3)23-7-12-26(13-8-23)43-30-14-9-24(18-35-30)34-17-22-15-27(33)31(37-19-29(38)36-44(37,39)40)28(16-22)42-20-21-5-10-25(41-4)11-6-21/h5-16,18,34H,17,19-20H2,1-4H3,(H,36,38). The fourth-order valence-corrected chi connectivity index (χ4v) is 5.67. The number of amides is 1. The topological polar surface area (TPSA) is 119 Å². The van der Waals surface area contributed by atoms with Gasteiger partial charge in [-0.2, -0.15) is 8.42 Å². The van der Waals surface area contributed by atoms with Gasteiger partial charge in [0.05, 0.1) is 19.0 Å². The number of carbonyl (C=O) groups excluding carboxylic acids is 1. The molecule has 1 aromatic heterocycles. The molecule has 1 amide bonds. The van der Waals surface area contributed by atoms with Gasteiger partial charge in [0, 0.05) is 12.6 Å². The van der Waals surface area contributed by atoms with E-state index >= 15 is 4.39 Å². The van der Waals surface area contributed by atoms with Gasteiger partial charge in [0.1, 0.15) is 36.1 Å². The Labute approximate surface area is 256 Å². The highest BCUT2D eigenvalue weighted by atomic mass is 32.2. The molecule has 2 N–H and O–H groups in total. The molecule has 0 radical (unpaired) electrons. The lowest BCUT2D eigenvalue weighted by molar-refractivity contribution is -0.117. The number of methoxy groups -OCH3 is 1. The van der Waals surface area contributed by atoms with Gasteiger partial charge in [0.15, 0.2) is 5.82 Å². The van der Waals surface area contributed by atoms with E-state index in [9.17, 15) is 13.2 Å². The Bertz CT molecular complexity index is 1740. The predicted molar refractivity (Wildman–Crippen MR) is 165 cm³/mol. The Kier molecular flexibility index (Phi) is 8.63. The molecular weight excluding hydrogens is 587 g/mol. The number of hydrogen-bond acceptors (Lipinski definition) is 8. The number of carbonyl (C=O) groups is 1. The maximum Gasteiger partial charge on any atom is 0.326 e. The number of benzene rings is 3. The average molecular weight is 621 g/mol. The summed E-state index contributed by atoms with van der Waals surface area (Å²) in [5.74, 6) is 0.0910. The van der Waals surface area contributed by atoms with Crippen molar-refractivity contribution in [1.82, 2.24) is 9.71 Å². The molecule has 1 saturated heterocycles. The van der Waals surface area contributed by atoms with E-state index in [1.807, 2.05) is 29.0 Å². The number of nitrogens with zero attached hydrogens (tertiary/aromatic N) is 2. The van der Waals surface area contributed by atoms with Crippen molar-refractivity contribution in [2.24, 2.45) is 0 Å². The molecule has 4 aromatic rings. The zero-order valence-electron chi connectivity index (χ0n) is 24.8. The summed E-state index contributed by atoms with van der Waals surface area (Å²) in [5.41, 5.74) is 2.77. The lowest BCUT2D eigenvalue weighted by Gasteiger charge is -2.21. The first-order chi connectivity index (χ1) is 20.9. The van der Waals surface area contributed by atoms with Crippen LogP contribution in [0.1, 0.15) is 37.5 Å². The highest BCUT2D eigenvalue weighted by Crippen LogP contribution is 2.36. The smallest absolute Gasteiger partial charge is 0.326 e. The third-order valence-electron chi connectivity index (χ3n) is 6.89. The molecule has 1 aliphatic rings. The van der Waals surface area contributed by atoms with Crippen LogP contribution >= 0.6 is 0 Å². The number of pyridine rings is 1. The van der Waals surface area contributed by atoms with E-state index in [1.54, 1.807) is 55.8 Å². The quantitative estimate of drug-likeness (QED) is 0.232. The molecule has 0 atom stereocenters. The van der Waals surface area contributed by atoms with Crippen molar-refractivity contribution >= 4 is 27.5 Å². The Morgan fingerprint density at radius 2 is 1.68 bits per heavy atom. The van der Waals surface area contributed by atoms with Gasteiger partial charge in [-0.15, -0.1) is 0 Å². The molecule has 10 nitrogen and oxygen atoms in total. The van der Waals surface area contributed by atoms with E-state index in [2.05, 4.69) is 31.1 Å². The van der Waals surface area contributed by atoms with Crippen molar-refractivity contribution in [2.45, 2.75) is 39.3 Å². The molecule has 2 heterocycles. The minimum absolute atomic E-state index is 0.0207. The first kappa shape index (κ1) is 30.6. The number of anilines is 2. The van der Waals surface area contributed by atoms with Crippen LogP contribution in [0.15, 0.2) is 79.0 Å². The van der Waals surface area contributed by atoms with Gasteiger partial charge in [0.2, 0.25) is 5.88 Å². The van der Waals surface area contributed by atoms with Crippen LogP contribution in [-0.2, 0) is 33.6 Å². The monoisotopic (exact) mass is 620 g/mol. The molecule has 230 valence electrons. The number of nitrogens with one attached hydrogen (secondary N) is 2. The zero-order chi connectivity index (χ0) is 31.5. The Balaban J connectivity index is 1.31. The van der Waals surface area contributed by atoms with Crippen molar-refractivity contribution in [2.75, 3.05) is 23.3 Å². The molecule has 5 rings (SSSR count). The van der Waals surface area contributed by atoms with Gasteiger partial charge in [-0.25, -0.2) is 18.4 Å². The van der Waals surface area contributed by atoms with Gasteiger partial charge in [-0.1, -0.05) is 45.0 Å². The maximum absolute atomic E-state index is 15.5. The van der Waals surface area contributed by atoms with E-state index in [0.717, 1.165) is 5.56 Å². The van der Waals surface area contributed by atoms with Crippen molar-refractivity contribution in [3.05, 3.63) is 102 Å². The second kappa shape index (κ2) is 12.4. The summed E-state index contributed by atoms with van der Waals surface area (Å²) in [6, 6.07) is 21.2. The minimum atomic E-state index is -4.27. The van der Waals surface area contributed by atoms with Crippen molar-refractivity contribution in [3.63, 3.8) is 0 Å². The number of halogens is 1. The van der Waals surface area contributed by atoms with E-state index in [1.165, 1.54) is 11.6 Å². The molecule has 0 aliphatic carbocycles. The molecule has 1 aliphatic heterocycles. The largest absolute Gasteiger partial charge is 0.497 e. The van der Waals surface area contributed by atoms with Crippen LogP contribution in [0.25, 0.3) is 0 Å². The van der Waals surface area contributed by atoms with Crippen LogP contribution in [0.4, 0.5) is 15.8 Å². The van der Waals surface area contributed by atoms with Crippen LogP contribution in [-0.4, -0.2) is 33.0 Å². The van der Waals surface area contributed by atoms with Gasteiger partial charge < -0.3 is 19.5 Å². The van der Waals surface area contributed by atoms with Crippen molar-refractivity contribution < 1.29 is 31.8 Å². The summed E-state index contributed by atoms with van der Waals surface area (Å²) < 4.78 is 60.1. The number of ether oxygens (including phenoxy) is 3. The third-order valence-corrected chi connectivity index (χ3v) is 8.26. The van der Waals surface area contributed by atoms with E-state index in [0.29, 0.717) is 32.9 Å². The van der Waals surface area contributed by atoms with Gasteiger partial charge in [-0.3, -0.25) is 4.79 Å². The highest BCUT2D eigenvalue weighted by molar-refractivity contribution is 7.92. The SMILES string of the molecule is COc1ccc(COc2cc(CNc3ccc(Oc4ccc(C(C)(C)C)cc4)nc3)cc(F)c2N2CC(=O)NS2(=O)=O)cc1. The summed E-state index contributed by atoms with van der Waals surface area (Å²) in [4.78, 5) is 16.2. The van der Waals surface area contributed by atoms with Crippen LogP contribution in [0.2, 0.25) is 0 Å². The van der Waals surface area contributed by atoms with Crippen LogP contribution in [0.5, 0.6) is 23.1 Å². The maximum atomic E-state index is 15.5. The first-order valence-corrected chi connectivity index (χ1v) is 15.2. The molecule has 12 heteroatoms. The second-order valence-corrected chi connectivity index (χ2v) is 12.8. The fraction of sp³-hybridized carbons (Fsp3) is 0.250. The second-order valence-electron chi connectivity index (χ2n) is 11.2. The molecule has 0 spiro atoms. The molecule has 44 heavy (non-hydrogen) atoms. The lowest BCUT2D eigenvalue weighted by atomic mass is 9.87. The molecule has 0 unspecified atom stereocenters. The summed E-state index contributed by atoms with van der Waals surface area (Å²) in [6.07, 6.45) is 1.60. The summed E-state index contributed by atoms with van der Waals surface area (Å²) >= 11 is 0. The summed E-state index contributed by atoms with van der Waals surface area (Å²) in [7, 11) is -2.72. The van der Waals surface area contributed by atoms with E-state index < -0.39 is 28.5 Å². The Morgan fingerprint density at radius 3 is 2.27 bits per heavy atom. The summed E-state index contributed by atoms with van der Waals surface area (Å²) in [5, 5.41) is 3.18. The molecule has 0 bridgehead atoms. The summed E-state index contributed by atoms with van der Waals surface area (Å²) in [6.45, 7) is 6.08. The van der Waals surface area contributed by atoms with Crippen LogP contribution in [0, 0.1) is 5.82 Å². The fourth-order valence-electron chi connectivity index (χ4n) is 4.50.